The molecule has 0 amide bonds. The van der Waals surface area contributed by atoms with Gasteiger partial charge in [0, 0.05) is 40.4 Å². The van der Waals surface area contributed by atoms with Crippen LogP contribution in [0.2, 0.25) is 10.0 Å². The van der Waals surface area contributed by atoms with Crippen LogP contribution in [-0.2, 0) is 6.54 Å². The highest BCUT2D eigenvalue weighted by molar-refractivity contribution is 6.35. The van der Waals surface area contributed by atoms with Crippen molar-refractivity contribution in [2.45, 2.75) is 25.8 Å². The summed E-state index contributed by atoms with van der Waals surface area (Å²) in [4.78, 5) is 2.30. The average Bonchev–Trinajstić information content (AvgIpc) is 2.55. The van der Waals surface area contributed by atoms with Crippen molar-refractivity contribution in [3.8, 4) is 0 Å². The van der Waals surface area contributed by atoms with Gasteiger partial charge < -0.3 is 10.2 Å². The molecule has 1 unspecified atom stereocenters. The number of halogens is 2. The van der Waals surface area contributed by atoms with Crippen LogP contribution >= 0.6 is 23.2 Å². The van der Waals surface area contributed by atoms with E-state index in [1.54, 1.807) is 0 Å². The highest BCUT2D eigenvalue weighted by atomic mass is 35.5. The SMILES string of the molecule is C=C(CC)Nc1ccc(C2CN(C)Cc3c(Cl)cc(Cl)cc32)cc1. The Bertz CT molecular complexity index is 753. The van der Waals surface area contributed by atoms with Crippen LogP contribution in [0.15, 0.2) is 48.7 Å². The second-order valence-electron chi connectivity index (χ2n) is 6.41. The van der Waals surface area contributed by atoms with Crippen molar-refractivity contribution in [1.82, 2.24) is 4.90 Å². The first-order valence-corrected chi connectivity index (χ1v) is 8.94. The number of nitrogens with zero attached hydrogens (tertiary/aromatic N) is 1. The van der Waals surface area contributed by atoms with E-state index in [1.165, 1.54) is 16.7 Å². The summed E-state index contributed by atoms with van der Waals surface area (Å²) in [5.41, 5.74) is 5.78. The Morgan fingerprint density at radius 3 is 2.62 bits per heavy atom. The van der Waals surface area contributed by atoms with Crippen molar-refractivity contribution in [1.29, 1.82) is 0 Å². The summed E-state index contributed by atoms with van der Waals surface area (Å²) < 4.78 is 0. The molecule has 0 bridgehead atoms. The molecule has 1 heterocycles. The molecule has 1 aliphatic heterocycles. The van der Waals surface area contributed by atoms with Crippen molar-refractivity contribution >= 4 is 28.9 Å². The molecular formula is C20H22Cl2N2. The van der Waals surface area contributed by atoms with E-state index < -0.39 is 0 Å². The van der Waals surface area contributed by atoms with E-state index in [0.717, 1.165) is 35.9 Å². The number of allylic oxidation sites excluding steroid dienone is 1. The van der Waals surface area contributed by atoms with Crippen LogP contribution < -0.4 is 5.32 Å². The number of rotatable bonds is 4. The van der Waals surface area contributed by atoms with Crippen LogP contribution in [0.25, 0.3) is 0 Å². The number of benzene rings is 2. The van der Waals surface area contributed by atoms with E-state index in [9.17, 15) is 0 Å². The number of anilines is 1. The Morgan fingerprint density at radius 2 is 1.96 bits per heavy atom. The molecule has 126 valence electrons. The lowest BCUT2D eigenvalue weighted by atomic mass is 9.84. The fourth-order valence-electron chi connectivity index (χ4n) is 3.22. The third-order valence-corrected chi connectivity index (χ3v) is 5.11. The van der Waals surface area contributed by atoms with E-state index in [0.29, 0.717) is 5.02 Å². The van der Waals surface area contributed by atoms with Crippen LogP contribution in [0.1, 0.15) is 36.0 Å². The lowest BCUT2D eigenvalue weighted by Crippen LogP contribution is -2.31. The van der Waals surface area contributed by atoms with Gasteiger partial charge in [-0.3, -0.25) is 0 Å². The van der Waals surface area contributed by atoms with Gasteiger partial charge in [0.25, 0.3) is 0 Å². The fraction of sp³-hybridized carbons (Fsp3) is 0.300. The number of hydrogen-bond acceptors (Lipinski definition) is 2. The molecular weight excluding hydrogens is 339 g/mol. The maximum atomic E-state index is 6.43. The molecule has 1 N–H and O–H groups in total. The largest absolute Gasteiger partial charge is 0.359 e. The normalized spacial score (nSPS) is 17.4. The molecule has 4 heteroatoms. The van der Waals surface area contributed by atoms with Gasteiger partial charge in [-0.15, -0.1) is 0 Å². The maximum Gasteiger partial charge on any atom is 0.0468 e. The van der Waals surface area contributed by atoms with Gasteiger partial charge in [-0.05, 0) is 54.4 Å². The first-order chi connectivity index (χ1) is 11.5. The molecule has 0 saturated carbocycles. The molecule has 0 saturated heterocycles. The number of likely N-dealkylation sites (N-methyl/N-ethyl adjacent to an activating group) is 1. The molecule has 0 radical (unpaired) electrons. The van der Waals surface area contributed by atoms with Gasteiger partial charge in [-0.2, -0.15) is 0 Å². The summed E-state index contributed by atoms with van der Waals surface area (Å²) in [6.07, 6.45) is 0.916. The van der Waals surface area contributed by atoms with E-state index in [4.69, 9.17) is 23.2 Å². The summed E-state index contributed by atoms with van der Waals surface area (Å²) in [5, 5.41) is 4.78. The molecule has 0 aromatic heterocycles. The lowest BCUT2D eigenvalue weighted by Gasteiger charge is -2.33. The second kappa shape index (κ2) is 7.18. The molecule has 2 aromatic carbocycles. The van der Waals surface area contributed by atoms with Crippen LogP contribution in [0.4, 0.5) is 5.69 Å². The Kier molecular flexibility index (Phi) is 5.19. The second-order valence-corrected chi connectivity index (χ2v) is 7.25. The highest BCUT2D eigenvalue weighted by Gasteiger charge is 2.26. The summed E-state index contributed by atoms with van der Waals surface area (Å²) in [5.74, 6) is 0.276. The summed E-state index contributed by atoms with van der Waals surface area (Å²) in [7, 11) is 2.13. The minimum Gasteiger partial charge on any atom is -0.359 e. The predicted molar refractivity (Wildman–Crippen MR) is 104 cm³/mol. The quantitative estimate of drug-likeness (QED) is 0.729. The van der Waals surface area contributed by atoms with E-state index in [2.05, 4.69) is 61.1 Å². The lowest BCUT2D eigenvalue weighted by molar-refractivity contribution is 0.295. The molecule has 1 atom stereocenters. The fourth-order valence-corrected chi connectivity index (χ4v) is 3.79. The molecule has 0 aliphatic carbocycles. The van der Waals surface area contributed by atoms with Crippen molar-refractivity contribution in [2.75, 3.05) is 18.9 Å². The van der Waals surface area contributed by atoms with Crippen LogP contribution in [0.3, 0.4) is 0 Å². The zero-order valence-corrected chi connectivity index (χ0v) is 15.6. The van der Waals surface area contributed by atoms with Gasteiger partial charge in [0.1, 0.15) is 0 Å². The van der Waals surface area contributed by atoms with Gasteiger partial charge in [0.05, 0.1) is 0 Å². The third-order valence-electron chi connectivity index (χ3n) is 4.55. The monoisotopic (exact) mass is 360 g/mol. The van der Waals surface area contributed by atoms with Gasteiger partial charge in [0.15, 0.2) is 0 Å². The summed E-state index contributed by atoms with van der Waals surface area (Å²) >= 11 is 12.7. The number of nitrogens with one attached hydrogen (secondary N) is 1. The molecule has 0 fully saturated rings. The topological polar surface area (TPSA) is 15.3 Å². The summed E-state index contributed by atoms with van der Waals surface area (Å²) in [6.45, 7) is 7.90. The smallest absolute Gasteiger partial charge is 0.0468 e. The molecule has 0 spiro atoms. The first kappa shape index (κ1) is 17.3. The van der Waals surface area contributed by atoms with Gasteiger partial charge in [-0.25, -0.2) is 0 Å². The molecule has 1 aliphatic rings. The number of hydrogen-bond donors (Lipinski definition) is 1. The van der Waals surface area contributed by atoms with Crippen molar-refractivity contribution in [2.24, 2.45) is 0 Å². The van der Waals surface area contributed by atoms with Crippen molar-refractivity contribution < 1.29 is 0 Å². The van der Waals surface area contributed by atoms with Gasteiger partial charge in [0.2, 0.25) is 0 Å². The first-order valence-electron chi connectivity index (χ1n) is 8.19. The van der Waals surface area contributed by atoms with Crippen LogP contribution in [-0.4, -0.2) is 18.5 Å². The molecule has 2 aromatic rings. The highest BCUT2D eigenvalue weighted by Crippen LogP contribution is 2.38. The van der Waals surface area contributed by atoms with Crippen LogP contribution in [0, 0.1) is 0 Å². The average molecular weight is 361 g/mol. The van der Waals surface area contributed by atoms with E-state index in [-0.39, 0.29) is 5.92 Å². The van der Waals surface area contributed by atoms with Gasteiger partial charge >= 0.3 is 0 Å². The maximum absolute atomic E-state index is 6.43. The Morgan fingerprint density at radius 1 is 1.25 bits per heavy atom. The number of fused-ring (bicyclic) bond motifs is 1. The van der Waals surface area contributed by atoms with Crippen molar-refractivity contribution in [3.05, 3.63) is 75.4 Å². The van der Waals surface area contributed by atoms with E-state index in [1.807, 2.05) is 6.07 Å². The minimum absolute atomic E-state index is 0.276. The van der Waals surface area contributed by atoms with E-state index >= 15 is 0 Å². The third kappa shape index (κ3) is 3.61. The van der Waals surface area contributed by atoms with Crippen molar-refractivity contribution in [3.63, 3.8) is 0 Å². The Hall–Kier alpha value is -1.48. The summed E-state index contributed by atoms with van der Waals surface area (Å²) in [6, 6.07) is 12.5. The Labute approximate surface area is 154 Å². The Balaban J connectivity index is 1.94. The van der Waals surface area contributed by atoms with Gasteiger partial charge in [-0.1, -0.05) is 48.8 Å². The predicted octanol–water partition coefficient (Wildman–Crippen LogP) is 5.91. The van der Waals surface area contributed by atoms with Crippen LogP contribution in [0.5, 0.6) is 0 Å². The molecule has 3 rings (SSSR count). The molecule has 24 heavy (non-hydrogen) atoms. The zero-order chi connectivity index (χ0) is 17.3. The zero-order valence-electron chi connectivity index (χ0n) is 14.1. The standard InChI is InChI=1S/C20H22Cl2N2/c1-4-13(2)23-16-7-5-14(6-8-16)18-11-24(3)12-19-17(18)9-15(21)10-20(19)22/h5-10,18,23H,2,4,11-12H2,1,3H3. The molecule has 2 nitrogen and oxygen atoms in total. The minimum atomic E-state index is 0.276.